The summed E-state index contributed by atoms with van der Waals surface area (Å²) in [6.07, 6.45) is 0.578. The predicted octanol–water partition coefficient (Wildman–Crippen LogP) is 1.92. The molecule has 0 aliphatic carbocycles. The molecule has 0 aliphatic heterocycles. The van der Waals surface area contributed by atoms with Crippen molar-refractivity contribution in [1.29, 1.82) is 0 Å². The molecule has 0 heterocycles. The van der Waals surface area contributed by atoms with Crippen molar-refractivity contribution < 1.29 is 19.0 Å². The number of hydrogen-bond donors (Lipinski definition) is 1. The van der Waals surface area contributed by atoms with E-state index in [1.54, 1.807) is 27.0 Å². The number of hydrogen-bond acceptors (Lipinski definition) is 5. The van der Waals surface area contributed by atoms with E-state index in [0.29, 0.717) is 11.5 Å². The third kappa shape index (κ3) is 5.48. The topological polar surface area (TPSA) is 70.8 Å². The summed E-state index contributed by atoms with van der Waals surface area (Å²) in [6.45, 7) is 5.38. The van der Waals surface area contributed by atoms with Gasteiger partial charge < -0.3 is 19.9 Å². The fourth-order valence-electron chi connectivity index (χ4n) is 1.77. The summed E-state index contributed by atoms with van der Waals surface area (Å²) in [7, 11) is 1.56. The highest BCUT2D eigenvalue weighted by Gasteiger charge is 2.11. The van der Waals surface area contributed by atoms with Gasteiger partial charge in [0.2, 0.25) is 0 Å². The Kier molecular flexibility index (Phi) is 6.31. The van der Waals surface area contributed by atoms with Crippen LogP contribution in [-0.2, 0) is 16.0 Å². The number of ether oxygens (including phenoxy) is 3. The van der Waals surface area contributed by atoms with Crippen LogP contribution < -0.4 is 15.2 Å². The van der Waals surface area contributed by atoms with E-state index in [1.165, 1.54) is 0 Å². The van der Waals surface area contributed by atoms with Gasteiger partial charge >= 0.3 is 5.97 Å². The first-order valence-electron chi connectivity index (χ1n) is 6.67. The lowest BCUT2D eigenvalue weighted by atomic mass is 10.1. The van der Waals surface area contributed by atoms with Gasteiger partial charge in [-0.1, -0.05) is 6.07 Å². The second kappa shape index (κ2) is 7.75. The van der Waals surface area contributed by atoms with E-state index in [4.69, 9.17) is 19.9 Å². The Bertz CT molecular complexity index is 443. The lowest BCUT2D eigenvalue weighted by molar-refractivity contribution is -0.149. The van der Waals surface area contributed by atoms with Gasteiger partial charge in [0.25, 0.3) is 0 Å². The molecule has 1 rings (SSSR count). The summed E-state index contributed by atoms with van der Waals surface area (Å²) in [5, 5.41) is 0. The SMILES string of the molecule is COc1ccc(CC(C)N)cc1OCC(=O)OC(C)C. The smallest absolute Gasteiger partial charge is 0.344 e. The van der Waals surface area contributed by atoms with Crippen LogP contribution in [0.4, 0.5) is 0 Å². The van der Waals surface area contributed by atoms with Crippen LogP contribution in [0.5, 0.6) is 11.5 Å². The number of carbonyl (C=O) groups excluding carboxylic acids is 1. The Labute approximate surface area is 120 Å². The minimum Gasteiger partial charge on any atom is -0.493 e. The van der Waals surface area contributed by atoms with Crippen LogP contribution in [0.15, 0.2) is 18.2 Å². The molecule has 0 aliphatic rings. The van der Waals surface area contributed by atoms with Gasteiger partial charge in [-0.3, -0.25) is 0 Å². The first-order chi connectivity index (χ1) is 9.42. The zero-order valence-corrected chi connectivity index (χ0v) is 12.5. The van der Waals surface area contributed by atoms with Crippen LogP contribution >= 0.6 is 0 Å². The lowest BCUT2D eigenvalue weighted by Crippen LogP contribution is -2.19. The predicted molar refractivity (Wildman–Crippen MR) is 77.1 cm³/mol. The molecule has 0 spiro atoms. The number of methoxy groups -OCH3 is 1. The maximum Gasteiger partial charge on any atom is 0.344 e. The Morgan fingerprint density at radius 3 is 2.50 bits per heavy atom. The van der Waals surface area contributed by atoms with Gasteiger partial charge in [-0.25, -0.2) is 4.79 Å². The first-order valence-corrected chi connectivity index (χ1v) is 6.67. The third-order valence-corrected chi connectivity index (χ3v) is 2.50. The number of benzene rings is 1. The molecule has 0 saturated heterocycles. The zero-order valence-electron chi connectivity index (χ0n) is 12.5. The lowest BCUT2D eigenvalue weighted by Gasteiger charge is -2.13. The van der Waals surface area contributed by atoms with E-state index in [2.05, 4.69) is 0 Å². The normalized spacial score (nSPS) is 12.1. The van der Waals surface area contributed by atoms with Gasteiger partial charge in [0.05, 0.1) is 13.2 Å². The zero-order chi connectivity index (χ0) is 15.1. The highest BCUT2D eigenvalue weighted by molar-refractivity contribution is 5.71. The molecule has 1 aromatic rings. The maximum atomic E-state index is 11.5. The number of esters is 1. The van der Waals surface area contributed by atoms with Gasteiger partial charge in [0.1, 0.15) is 0 Å². The standard InChI is InChI=1S/C15H23NO4/c1-10(2)20-15(17)9-19-14-8-12(7-11(3)16)5-6-13(14)18-4/h5-6,8,10-11H,7,9,16H2,1-4H3. The van der Waals surface area contributed by atoms with Gasteiger partial charge in [0, 0.05) is 6.04 Å². The van der Waals surface area contributed by atoms with Crippen LogP contribution in [0.2, 0.25) is 0 Å². The minimum absolute atomic E-state index is 0.0575. The summed E-state index contributed by atoms with van der Waals surface area (Å²) in [5.74, 6) is 0.696. The van der Waals surface area contributed by atoms with Crippen molar-refractivity contribution in [1.82, 2.24) is 0 Å². The molecule has 2 N–H and O–H groups in total. The van der Waals surface area contributed by atoms with E-state index >= 15 is 0 Å². The summed E-state index contributed by atoms with van der Waals surface area (Å²) < 4.78 is 15.7. The molecule has 0 radical (unpaired) electrons. The van der Waals surface area contributed by atoms with Crippen molar-refractivity contribution in [3.05, 3.63) is 23.8 Å². The Morgan fingerprint density at radius 1 is 1.25 bits per heavy atom. The van der Waals surface area contributed by atoms with E-state index in [-0.39, 0.29) is 18.8 Å². The fourth-order valence-corrected chi connectivity index (χ4v) is 1.77. The molecule has 1 unspecified atom stereocenters. The largest absolute Gasteiger partial charge is 0.493 e. The van der Waals surface area contributed by atoms with Crippen LogP contribution in [0, 0.1) is 0 Å². The number of nitrogens with two attached hydrogens (primary N) is 1. The monoisotopic (exact) mass is 281 g/mol. The van der Waals surface area contributed by atoms with Gasteiger partial charge in [0.15, 0.2) is 18.1 Å². The van der Waals surface area contributed by atoms with Crippen molar-refractivity contribution in [2.24, 2.45) is 5.73 Å². The molecule has 0 saturated carbocycles. The fraction of sp³-hybridized carbons (Fsp3) is 0.533. The molecule has 5 nitrogen and oxygen atoms in total. The summed E-state index contributed by atoms with van der Waals surface area (Å²) in [4.78, 5) is 11.5. The summed E-state index contributed by atoms with van der Waals surface area (Å²) in [5.41, 5.74) is 6.81. The maximum absolute atomic E-state index is 11.5. The average molecular weight is 281 g/mol. The van der Waals surface area contributed by atoms with Crippen molar-refractivity contribution in [3.8, 4) is 11.5 Å². The molecule has 112 valence electrons. The highest BCUT2D eigenvalue weighted by atomic mass is 16.6. The van der Waals surface area contributed by atoms with Gasteiger partial charge in [-0.05, 0) is 44.9 Å². The molecular weight excluding hydrogens is 258 g/mol. The Morgan fingerprint density at radius 2 is 1.95 bits per heavy atom. The molecule has 0 amide bonds. The van der Waals surface area contributed by atoms with Crippen molar-refractivity contribution in [2.45, 2.75) is 39.3 Å². The van der Waals surface area contributed by atoms with E-state index in [9.17, 15) is 4.79 Å². The van der Waals surface area contributed by atoms with E-state index < -0.39 is 5.97 Å². The molecule has 0 bridgehead atoms. The van der Waals surface area contributed by atoms with Crippen LogP contribution in [0.1, 0.15) is 26.3 Å². The summed E-state index contributed by atoms with van der Waals surface area (Å²) >= 11 is 0. The number of carbonyl (C=O) groups is 1. The van der Waals surface area contributed by atoms with Gasteiger partial charge in [-0.15, -0.1) is 0 Å². The second-order valence-electron chi connectivity index (χ2n) is 4.99. The van der Waals surface area contributed by atoms with Crippen LogP contribution in [0.25, 0.3) is 0 Å². The van der Waals surface area contributed by atoms with Crippen molar-refractivity contribution in [2.75, 3.05) is 13.7 Å². The van der Waals surface area contributed by atoms with Gasteiger partial charge in [-0.2, -0.15) is 0 Å². The van der Waals surface area contributed by atoms with Crippen molar-refractivity contribution in [3.63, 3.8) is 0 Å². The molecule has 1 atom stereocenters. The average Bonchev–Trinajstić information content (AvgIpc) is 2.35. The number of rotatable bonds is 7. The minimum atomic E-state index is -0.403. The summed E-state index contributed by atoms with van der Waals surface area (Å²) in [6, 6.07) is 5.63. The Hall–Kier alpha value is -1.75. The molecule has 0 aromatic heterocycles. The Balaban J connectivity index is 2.73. The van der Waals surface area contributed by atoms with Crippen LogP contribution in [-0.4, -0.2) is 31.8 Å². The molecule has 5 heteroatoms. The van der Waals surface area contributed by atoms with Crippen LogP contribution in [0.3, 0.4) is 0 Å². The molecule has 0 fully saturated rings. The quantitative estimate of drug-likeness (QED) is 0.773. The molecule has 1 aromatic carbocycles. The van der Waals surface area contributed by atoms with Crippen molar-refractivity contribution >= 4 is 5.97 Å². The highest BCUT2D eigenvalue weighted by Crippen LogP contribution is 2.28. The molecule has 20 heavy (non-hydrogen) atoms. The van der Waals surface area contributed by atoms with E-state index in [1.807, 2.05) is 19.1 Å². The van der Waals surface area contributed by atoms with E-state index in [0.717, 1.165) is 12.0 Å². The second-order valence-corrected chi connectivity index (χ2v) is 4.99. The third-order valence-electron chi connectivity index (χ3n) is 2.50. The molecular formula is C15H23NO4. The first kappa shape index (κ1) is 16.3.